The number of hydrogen-bond donors (Lipinski definition) is 1. The van der Waals surface area contributed by atoms with E-state index in [1.54, 1.807) is 60.9 Å². The highest BCUT2D eigenvalue weighted by atomic mass is 16.6. The highest BCUT2D eigenvalue weighted by Crippen LogP contribution is 2.26. The van der Waals surface area contributed by atoms with Gasteiger partial charge in [-0.1, -0.05) is 0 Å². The molecule has 4 aromatic rings. The van der Waals surface area contributed by atoms with Crippen molar-refractivity contribution in [2.45, 2.75) is 0 Å². The molecule has 0 saturated carbocycles. The minimum Gasteiger partial charge on any atom is -0.436 e. The van der Waals surface area contributed by atoms with Gasteiger partial charge in [0.2, 0.25) is 11.8 Å². The molecule has 0 saturated heterocycles. The number of pyridine rings is 1. The topological polar surface area (TPSA) is 111 Å². The van der Waals surface area contributed by atoms with Gasteiger partial charge in [-0.2, -0.15) is 0 Å². The van der Waals surface area contributed by atoms with Crippen LogP contribution in [0, 0.1) is 10.1 Å². The van der Waals surface area contributed by atoms with Crippen LogP contribution in [0.4, 0.5) is 11.4 Å². The van der Waals surface area contributed by atoms with E-state index in [2.05, 4.69) is 15.3 Å². The zero-order valence-electron chi connectivity index (χ0n) is 15.0. The third-order valence-electron chi connectivity index (χ3n) is 4.11. The number of rotatable bonds is 5. The van der Waals surface area contributed by atoms with Crippen molar-refractivity contribution in [1.82, 2.24) is 9.97 Å². The molecule has 0 radical (unpaired) electrons. The molecule has 142 valence electrons. The van der Waals surface area contributed by atoms with Crippen molar-refractivity contribution < 1.29 is 14.1 Å². The van der Waals surface area contributed by atoms with Crippen LogP contribution in [-0.4, -0.2) is 20.8 Å². The Labute approximate surface area is 164 Å². The van der Waals surface area contributed by atoms with Crippen molar-refractivity contribution in [1.29, 1.82) is 0 Å². The first-order valence-corrected chi connectivity index (χ1v) is 8.63. The molecule has 8 heteroatoms. The Kier molecular flexibility index (Phi) is 4.81. The number of nitro groups is 1. The van der Waals surface area contributed by atoms with Gasteiger partial charge in [-0.15, -0.1) is 0 Å². The monoisotopic (exact) mass is 386 g/mol. The highest BCUT2D eigenvalue weighted by Gasteiger charge is 2.09. The summed E-state index contributed by atoms with van der Waals surface area (Å²) in [7, 11) is 0. The first-order valence-electron chi connectivity index (χ1n) is 8.63. The van der Waals surface area contributed by atoms with Gasteiger partial charge in [0.25, 0.3) is 5.69 Å². The van der Waals surface area contributed by atoms with E-state index in [0.29, 0.717) is 28.2 Å². The van der Waals surface area contributed by atoms with Gasteiger partial charge in [-0.05, 0) is 48.0 Å². The van der Waals surface area contributed by atoms with Crippen LogP contribution in [0.15, 0.2) is 77.5 Å². The van der Waals surface area contributed by atoms with Crippen molar-refractivity contribution in [3.63, 3.8) is 0 Å². The third-order valence-corrected chi connectivity index (χ3v) is 4.11. The van der Waals surface area contributed by atoms with Crippen molar-refractivity contribution in [3.05, 3.63) is 88.7 Å². The molecule has 4 rings (SSSR count). The van der Waals surface area contributed by atoms with Crippen LogP contribution in [-0.2, 0) is 4.79 Å². The number of non-ortho nitro benzene ring substituents is 1. The summed E-state index contributed by atoms with van der Waals surface area (Å²) in [4.78, 5) is 30.8. The van der Waals surface area contributed by atoms with E-state index in [1.807, 2.05) is 0 Å². The molecule has 0 aliphatic rings. The minimum atomic E-state index is -0.472. The Hall–Kier alpha value is -4.33. The number of fused-ring (bicyclic) bond motifs is 1. The smallest absolute Gasteiger partial charge is 0.269 e. The lowest BCUT2D eigenvalue weighted by molar-refractivity contribution is -0.384. The molecule has 8 nitrogen and oxygen atoms in total. The van der Waals surface area contributed by atoms with Gasteiger partial charge in [0.1, 0.15) is 5.52 Å². The van der Waals surface area contributed by atoms with Crippen LogP contribution in [0.2, 0.25) is 0 Å². The van der Waals surface area contributed by atoms with Gasteiger partial charge in [-0.3, -0.25) is 19.9 Å². The number of nitrogens with one attached hydrogen (secondary N) is 1. The highest BCUT2D eigenvalue weighted by molar-refractivity contribution is 6.02. The SMILES string of the molecule is O=C(/C=C/c1ccc([N+](=O)[O-])cc1)Nc1ccc2nc(-c3ccncc3)oc2c1. The van der Waals surface area contributed by atoms with Gasteiger partial charge in [-0.25, -0.2) is 4.98 Å². The maximum Gasteiger partial charge on any atom is 0.269 e. The summed E-state index contributed by atoms with van der Waals surface area (Å²) < 4.78 is 5.77. The number of aromatic nitrogens is 2. The number of carbonyl (C=O) groups is 1. The first-order chi connectivity index (χ1) is 14.1. The fourth-order valence-corrected chi connectivity index (χ4v) is 2.68. The number of oxazole rings is 1. The zero-order valence-corrected chi connectivity index (χ0v) is 15.0. The summed E-state index contributed by atoms with van der Waals surface area (Å²) in [5, 5.41) is 13.4. The molecule has 2 aromatic carbocycles. The van der Waals surface area contributed by atoms with Crippen LogP contribution in [0.1, 0.15) is 5.56 Å². The molecule has 0 spiro atoms. The van der Waals surface area contributed by atoms with E-state index in [1.165, 1.54) is 18.2 Å². The van der Waals surface area contributed by atoms with Crippen LogP contribution in [0.25, 0.3) is 28.6 Å². The Bertz CT molecular complexity index is 1210. The fourth-order valence-electron chi connectivity index (χ4n) is 2.68. The van der Waals surface area contributed by atoms with Crippen LogP contribution in [0.3, 0.4) is 0 Å². The predicted molar refractivity (Wildman–Crippen MR) is 108 cm³/mol. The standard InChI is InChI=1S/C21H14N4O4/c26-20(8-3-14-1-5-17(6-2-14)25(27)28)23-16-4-7-18-19(13-16)29-21(24-18)15-9-11-22-12-10-15/h1-13H,(H,23,26)/b8-3+. The second-order valence-corrected chi connectivity index (χ2v) is 6.11. The largest absolute Gasteiger partial charge is 0.436 e. The quantitative estimate of drug-likeness (QED) is 0.308. The van der Waals surface area contributed by atoms with E-state index in [-0.39, 0.29) is 11.6 Å². The maximum atomic E-state index is 12.2. The molecule has 2 heterocycles. The van der Waals surface area contributed by atoms with E-state index >= 15 is 0 Å². The van der Waals surface area contributed by atoms with Crippen molar-refractivity contribution in [2.75, 3.05) is 5.32 Å². The van der Waals surface area contributed by atoms with Gasteiger partial charge >= 0.3 is 0 Å². The normalized spacial score (nSPS) is 11.0. The van der Waals surface area contributed by atoms with Gasteiger partial charge in [0.05, 0.1) is 4.92 Å². The number of amides is 1. The predicted octanol–water partition coefficient (Wildman–Crippen LogP) is 4.45. The molecule has 1 N–H and O–H groups in total. The Balaban J connectivity index is 1.47. The number of nitrogens with zero attached hydrogens (tertiary/aromatic N) is 3. The lowest BCUT2D eigenvalue weighted by Gasteiger charge is -2.01. The van der Waals surface area contributed by atoms with Crippen molar-refractivity contribution in [3.8, 4) is 11.5 Å². The molecule has 29 heavy (non-hydrogen) atoms. The van der Waals surface area contributed by atoms with Gasteiger partial charge < -0.3 is 9.73 Å². The summed E-state index contributed by atoms with van der Waals surface area (Å²) in [5.41, 5.74) is 3.28. The van der Waals surface area contributed by atoms with Crippen LogP contribution < -0.4 is 5.32 Å². The average Bonchev–Trinajstić information content (AvgIpc) is 3.17. The van der Waals surface area contributed by atoms with Crippen molar-refractivity contribution in [2.24, 2.45) is 0 Å². The molecule has 0 unspecified atom stereocenters. The molecule has 0 aliphatic carbocycles. The lowest BCUT2D eigenvalue weighted by Crippen LogP contribution is -2.07. The molecule has 0 bridgehead atoms. The maximum absolute atomic E-state index is 12.2. The summed E-state index contributed by atoms with van der Waals surface area (Å²) in [6.45, 7) is 0. The minimum absolute atomic E-state index is 0.00176. The van der Waals surface area contributed by atoms with E-state index < -0.39 is 4.92 Å². The number of benzene rings is 2. The Morgan fingerprint density at radius 3 is 2.55 bits per heavy atom. The summed E-state index contributed by atoms with van der Waals surface area (Å²) in [6.07, 6.45) is 6.25. The number of hydrogen-bond acceptors (Lipinski definition) is 6. The molecule has 2 aromatic heterocycles. The Morgan fingerprint density at radius 2 is 1.83 bits per heavy atom. The Morgan fingerprint density at radius 1 is 1.07 bits per heavy atom. The molecule has 0 aliphatic heterocycles. The van der Waals surface area contributed by atoms with E-state index in [0.717, 1.165) is 5.56 Å². The zero-order chi connectivity index (χ0) is 20.2. The molecular formula is C21H14N4O4. The van der Waals surface area contributed by atoms with Gasteiger partial charge in [0, 0.05) is 47.9 Å². The number of anilines is 1. The molecule has 0 fully saturated rings. The molecule has 0 atom stereocenters. The van der Waals surface area contributed by atoms with Crippen LogP contribution in [0.5, 0.6) is 0 Å². The number of nitro benzene ring substituents is 1. The summed E-state index contributed by atoms with van der Waals surface area (Å²) >= 11 is 0. The molecular weight excluding hydrogens is 372 g/mol. The van der Waals surface area contributed by atoms with Crippen LogP contribution >= 0.6 is 0 Å². The first kappa shape index (κ1) is 18.1. The fraction of sp³-hybridized carbons (Fsp3) is 0. The second kappa shape index (κ2) is 7.73. The number of carbonyl (C=O) groups excluding carboxylic acids is 1. The van der Waals surface area contributed by atoms with Crippen molar-refractivity contribution >= 4 is 34.5 Å². The van der Waals surface area contributed by atoms with E-state index in [9.17, 15) is 14.9 Å². The second-order valence-electron chi connectivity index (χ2n) is 6.11. The lowest BCUT2D eigenvalue weighted by atomic mass is 10.2. The summed E-state index contributed by atoms with van der Waals surface area (Å²) in [5.74, 6) is 0.139. The average molecular weight is 386 g/mol. The summed E-state index contributed by atoms with van der Waals surface area (Å²) in [6, 6.07) is 14.7. The third kappa shape index (κ3) is 4.16. The van der Waals surface area contributed by atoms with Gasteiger partial charge in [0.15, 0.2) is 5.58 Å². The van der Waals surface area contributed by atoms with E-state index in [4.69, 9.17) is 4.42 Å². The molecule has 1 amide bonds.